The number of hydrogen-bond acceptors (Lipinski definition) is 6. The van der Waals surface area contributed by atoms with Gasteiger partial charge in [-0.05, 0) is 0 Å². The number of ether oxygens (including phenoxy) is 4. The first kappa shape index (κ1) is 13.5. The summed E-state index contributed by atoms with van der Waals surface area (Å²) < 4.78 is 22.4. The molecule has 0 amide bonds. The number of nitrogens with zero attached hydrogens (tertiary/aromatic N) is 1. The second-order valence-corrected chi connectivity index (χ2v) is 4.77. The first-order valence-corrected chi connectivity index (χ1v) is 6.53. The van der Waals surface area contributed by atoms with E-state index in [0.29, 0.717) is 18.7 Å². The third kappa shape index (κ3) is 2.55. The third-order valence-corrected chi connectivity index (χ3v) is 3.51. The Labute approximate surface area is 116 Å². The third-order valence-electron chi connectivity index (χ3n) is 3.51. The molecule has 1 N–H and O–H groups in total. The zero-order chi connectivity index (χ0) is 13.9. The molecule has 3 rings (SSSR count). The van der Waals surface area contributed by atoms with Crippen LogP contribution in [0.5, 0.6) is 0 Å². The molecule has 0 bridgehead atoms. The normalized spacial score (nSPS) is 35.8. The SMILES string of the molecule is CO[C@@H]1CC(=NO)[C@@H]2OC(c3ccccc3)OC[C@@H]2O1. The second kappa shape index (κ2) is 5.88. The number of fused-ring (bicyclic) bond motifs is 1. The van der Waals surface area contributed by atoms with Gasteiger partial charge in [0.1, 0.15) is 12.2 Å². The van der Waals surface area contributed by atoms with Crippen LogP contribution in [0.4, 0.5) is 0 Å². The van der Waals surface area contributed by atoms with Crippen molar-refractivity contribution in [1.82, 2.24) is 0 Å². The molecule has 0 radical (unpaired) electrons. The van der Waals surface area contributed by atoms with Gasteiger partial charge in [0.15, 0.2) is 12.6 Å². The first-order valence-electron chi connectivity index (χ1n) is 6.53. The van der Waals surface area contributed by atoms with E-state index in [2.05, 4.69) is 5.16 Å². The van der Waals surface area contributed by atoms with Gasteiger partial charge in [0.05, 0.1) is 12.3 Å². The largest absolute Gasteiger partial charge is 0.411 e. The summed E-state index contributed by atoms with van der Waals surface area (Å²) >= 11 is 0. The Hall–Kier alpha value is -1.47. The van der Waals surface area contributed by atoms with Crippen LogP contribution in [0.3, 0.4) is 0 Å². The fourth-order valence-electron chi connectivity index (χ4n) is 2.49. The zero-order valence-corrected chi connectivity index (χ0v) is 11.1. The summed E-state index contributed by atoms with van der Waals surface area (Å²) in [6.07, 6.45) is -1.25. The summed E-state index contributed by atoms with van der Waals surface area (Å²) in [7, 11) is 1.55. The van der Waals surface area contributed by atoms with Gasteiger partial charge in [0.2, 0.25) is 0 Å². The average Bonchev–Trinajstić information content (AvgIpc) is 2.54. The van der Waals surface area contributed by atoms with Crippen molar-refractivity contribution in [2.75, 3.05) is 13.7 Å². The molecule has 2 aliphatic rings. The van der Waals surface area contributed by atoms with Crippen molar-refractivity contribution in [1.29, 1.82) is 0 Å². The summed E-state index contributed by atoms with van der Waals surface area (Å²) in [5.41, 5.74) is 1.45. The minimum Gasteiger partial charge on any atom is -0.411 e. The van der Waals surface area contributed by atoms with Gasteiger partial charge < -0.3 is 24.2 Å². The van der Waals surface area contributed by atoms with Crippen molar-refractivity contribution in [3.05, 3.63) is 35.9 Å². The van der Waals surface area contributed by atoms with Crippen molar-refractivity contribution < 1.29 is 24.2 Å². The molecule has 1 unspecified atom stereocenters. The highest BCUT2D eigenvalue weighted by Crippen LogP contribution is 2.32. The predicted octanol–water partition coefficient (Wildman–Crippen LogP) is 1.69. The van der Waals surface area contributed by atoms with Gasteiger partial charge in [-0.3, -0.25) is 0 Å². The summed E-state index contributed by atoms with van der Waals surface area (Å²) in [6, 6.07) is 9.65. The minimum absolute atomic E-state index is 0.320. The molecule has 0 saturated carbocycles. The van der Waals surface area contributed by atoms with E-state index in [9.17, 15) is 0 Å². The molecule has 2 saturated heterocycles. The quantitative estimate of drug-likeness (QED) is 0.659. The lowest BCUT2D eigenvalue weighted by molar-refractivity contribution is -0.286. The van der Waals surface area contributed by atoms with Crippen LogP contribution < -0.4 is 0 Å². The Bertz CT molecular complexity index is 478. The van der Waals surface area contributed by atoms with E-state index in [1.807, 2.05) is 30.3 Å². The van der Waals surface area contributed by atoms with Crippen molar-refractivity contribution in [3.63, 3.8) is 0 Å². The molecule has 2 aliphatic heterocycles. The summed E-state index contributed by atoms with van der Waals surface area (Å²) in [4.78, 5) is 0. The molecule has 1 aromatic carbocycles. The lowest BCUT2D eigenvalue weighted by Crippen LogP contribution is -2.53. The molecule has 0 aromatic heterocycles. The van der Waals surface area contributed by atoms with Gasteiger partial charge in [-0.25, -0.2) is 0 Å². The number of hydrogen-bond donors (Lipinski definition) is 1. The van der Waals surface area contributed by atoms with Gasteiger partial charge >= 0.3 is 0 Å². The number of oxime groups is 1. The number of benzene rings is 1. The Balaban J connectivity index is 1.76. The summed E-state index contributed by atoms with van der Waals surface area (Å²) in [6.45, 7) is 0.364. The smallest absolute Gasteiger partial charge is 0.184 e. The molecule has 0 aliphatic carbocycles. The standard InChI is InChI=1S/C14H17NO5/c1-17-12-7-10(15-16)13-11(19-12)8-18-14(20-13)9-5-3-2-4-6-9/h2-6,11-14,16H,7-8H2,1H3/t11-,12-,13-,14?/m0/s1. The zero-order valence-electron chi connectivity index (χ0n) is 11.1. The van der Waals surface area contributed by atoms with Crippen molar-refractivity contribution in [3.8, 4) is 0 Å². The fraction of sp³-hybridized carbons (Fsp3) is 0.500. The number of methoxy groups -OCH3 is 1. The highest BCUT2D eigenvalue weighted by atomic mass is 16.7. The molecule has 108 valence electrons. The molecule has 2 fully saturated rings. The molecule has 6 heteroatoms. The van der Waals surface area contributed by atoms with Crippen LogP contribution in [0.25, 0.3) is 0 Å². The molecular formula is C14H17NO5. The van der Waals surface area contributed by atoms with E-state index in [4.69, 9.17) is 24.2 Å². The Kier molecular flexibility index (Phi) is 3.98. The average molecular weight is 279 g/mol. The molecule has 0 spiro atoms. The topological polar surface area (TPSA) is 69.5 Å². The maximum atomic E-state index is 9.16. The molecular weight excluding hydrogens is 262 g/mol. The van der Waals surface area contributed by atoms with Crippen molar-refractivity contribution in [2.24, 2.45) is 5.16 Å². The van der Waals surface area contributed by atoms with Gasteiger partial charge in [-0.2, -0.15) is 0 Å². The summed E-state index contributed by atoms with van der Waals surface area (Å²) in [5.74, 6) is 0. The highest BCUT2D eigenvalue weighted by molar-refractivity contribution is 5.89. The lowest BCUT2D eigenvalue weighted by Gasteiger charge is -2.41. The van der Waals surface area contributed by atoms with Crippen LogP contribution >= 0.6 is 0 Å². The minimum atomic E-state index is -0.475. The molecule has 1 aromatic rings. The first-order chi connectivity index (χ1) is 9.81. The maximum absolute atomic E-state index is 9.16. The van der Waals surface area contributed by atoms with Crippen LogP contribution in [0.1, 0.15) is 18.3 Å². The van der Waals surface area contributed by atoms with Gasteiger partial charge in [-0.15, -0.1) is 0 Å². The van der Waals surface area contributed by atoms with E-state index in [-0.39, 0.29) is 6.10 Å². The predicted molar refractivity (Wildman–Crippen MR) is 69.5 cm³/mol. The van der Waals surface area contributed by atoms with Crippen molar-refractivity contribution in [2.45, 2.75) is 31.2 Å². The fourth-order valence-corrected chi connectivity index (χ4v) is 2.49. The second-order valence-electron chi connectivity index (χ2n) is 4.77. The maximum Gasteiger partial charge on any atom is 0.184 e. The van der Waals surface area contributed by atoms with Crippen LogP contribution in [0.2, 0.25) is 0 Å². The van der Waals surface area contributed by atoms with Crippen LogP contribution in [-0.2, 0) is 18.9 Å². The van der Waals surface area contributed by atoms with E-state index in [1.165, 1.54) is 0 Å². The molecule has 6 nitrogen and oxygen atoms in total. The Morgan fingerprint density at radius 1 is 1.25 bits per heavy atom. The van der Waals surface area contributed by atoms with Crippen LogP contribution in [0, 0.1) is 0 Å². The van der Waals surface area contributed by atoms with E-state index >= 15 is 0 Å². The van der Waals surface area contributed by atoms with E-state index in [0.717, 1.165) is 5.56 Å². The Morgan fingerprint density at radius 2 is 2.05 bits per heavy atom. The molecule has 20 heavy (non-hydrogen) atoms. The summed E-state index contributed by atoms with van der Waals surface area (Å²) in [5, 5.41) is 12.5. The van der Waals surface area contributed by atoms with E-state index in [1.54, 1.807) is 7.11 Å². The van der Waals surface area contributed by atoms with Gasteiger partial charge in [0, 0.05) is 19.1 Å². The molecule has 2 heterocycles. The van der Waals surface area contributed by atoms with Crippen molar-refractivity contribution >= 4 is 5.71 Å². The van der Waals surface area contributed by atoms with Gasteiger partial charge in [-0.1, -0.05) is 35.5 Å². The number of rotatable bonds is 2. The molecule has 4 atom stereocenters. The monoisotopic (exact) mass is 279 g/mol. The van der Waals surface area contributed by atoms with Crippen LogP contribution in [0.15, 0.2) is 35.5 Å². The van der Waals surface area contributed by atoms with Crippen LogP contribution in [-0.4, -0.2) is 43.1 Å². The highest BCUT2D eigenvalue weighted by Gasteiger charge is 2.42. The lowest BCUT2D eigenvalue weighted by atomic mass is 10.0. The van der Waals surface area contributed by atoms with Gasteiger partial charge in [0.25, 0.3) is 0 Å². The van der Waals surface area contributed by atoms with E-state index < -0.39 is 18.7 Å². The Morgan fingerprint density at radius 3 is 2.75 bits per heavy atom.